The van der Waals surface area contributed by atoms with E-state index in [-0.39, 0.29) is 12.4 Å². The van der Waals surface area contributed by atoms with E-state index in [0.29, 0.717) is 21.0 Å². The van der Waals surface area contributed by atoms with Gasteiger partial charge >= 0.3 is 5.97 Å². The molecular weight excluding hydrogens is 277 g/mol. The van der Waals surface area contributed by atoms with Crippen molar-refractivity contribution in [2.45, 2.75) is 16.7 Å². The van der Waals surface area contributed by atoms with Gasteiger partial charge in [0.2, 0.25) is 0 Å². The second kappa shape index (κ2) is 6.43. The molecule has 0 amide bonds. The molecule has 0 aliphatic heterocycles. The normalized spacial score (nSPS) is 10.3. The Morgan fingerprint density at radius 1 is 1.25 bits per heavy atom. The van der Waals surface area contributed by atoms with E-state index < -0.39 is 5.97 Å². The number of carbonyl (C=O) groups excluding carboxylic acids is 1. The van der Waals surface area contributed by atoms with Gasteiger partial charge in [-0.05, 0) is 37.3 Å². The van der Waals surface area contributed by atoms with Crippen LogP contribution in [0.3, 0.4) is 0 Å². The molecule has 3 nitrogen and oxygen atoms in total. The molecule has 2 aromatic rings. The highest BCUT2D eigenvalue weighted by Gasteiger charge is 2.15. The van der Waals surface area contributed by atoms with Gasteiger partial charge in [0.05, 0.1) is 12.2 Å². The van der Waals surface area contributed by atoms with Gasteiger partial charge in [-0.2, -0.15) is 0 Å². The standard InChI is InChI=1S/C15H14FNO2S/c1-2-19-15(18)11-9-10(17)7-8-13(11)20-14-6-4-3-5-12(14)16/h3-9H,2,17H2,1H3. The molecule has 2 N–H and O–H groups in total. The molecule has 2 rings (SSSR count). The lowest BCUT2D eigenvalue weighted by atomic mass is 10.2. The quantitative estimate of drug-likeness (QED) is 0.688. The number of esters is 1. The fourth-order valence-electron chi connectivity index (χ4n) is 1.65. The van der Waals surface area contributed by atoms with E-state index >= 15 is 0 Å². The summed E-state index contributed by atoms with van der Waals surface area (Å²) in [6.45, 7) is 2.01. The highest BCUT2D eigenvalue weighted by atomic mass is 32.2. The zero-order valence-electron chi connectivity index (χ0n) is 10.9. The molecule has 0 unspecified atom stereocenters. The zero-order chi connectivity index (χ0) is 14.5. The van der Waals surface area contributed by atoms with Crippen LogP contribution in [0.2, 0.25) is 0 Å². The summed E-state index contributed by atoms with van der Waals surface area (Å²) in [5, 5.41) is 0. The van der Waals surface area contributed by atoms with Crippen LogP contribution in [0.15, 0.2) is 52.3 Å². The van der Waals surface area contributed by atoms with Gasteiger partial charge in [0, 0.05) is 15.5 Å². The Balaban J connectivity index is 2.36. The monoisotopic (exact) mass is 291 g/mol. The van der Waals surface area contributed by atoms with E-state index in [1.54, 1.807) is 43.3 Å². The minimum Gasteiger partial charge on any atom is -0.462 e. The van der Waals surface area contributed by atoms with Crippen LogP contribution in [0.4, 0.5) is 10.1 Å². The average molecular weight is 291 g/mol. The number of rotatable bonds is 4. The number of halogens is 1. The van der Waals surface area contributed by atoms with Crippen molar-refractivity contribution >= 4 is 23.4 Å². The maximum Gasteiger partial charge on any atom is 0.339 e. The highest BCUT2D eigenvalue weighted by Crippen LogP contribution is 2.33. The van der Waals surface area contributed by atoms with Crippen LogP contribution in [0, 0.1) is 5.82 Å². The maximum atomic E-state index is 13.7. The van der Waals surface area contributed by atoms with Gasteiger partial charge in [-0.25, -0.2) is 9.18 Å². The fourth-order valence-corrected chi connectivity index (χ4v) is 2.59. The lowest BCUT2D eigenvalue weighted by Gasteiger charge is -2.10. The molecule has 0 radical (unpaired) electrons. The molecule has 0 aliphatic carbocycles. The molecule has 5 heteroatoms. The molecule has 0 bridgehead atoms. The van der Waals surface area contributed by atoms with Crippen molar-refractivity contribution in [1.82, 2.24) is 0 Å². The molecule has 0 saturated carbocycles. The molecule has 0 atom stereocenters. The van der Waals surface area contributed by atoms with Crippen LogP contribution in [-0.4, -0.2) is 12.6 Å². The van der Waals surface area contributed by atoms with Gasteiger partial charge < -0.3 is 10.5 Å². The third-order valence-corrected chi connectivity index (χ3v) is 3.68. The maximum absolute atomic E-state index is 13.7. The SMILES string of the molecule is CCOC(=O)c1cc(N)ccc1Sc1ccccc1F. The van der Waals surface area contributed by atoms with Gasteiger partial charge in [0.25, 0.3) is 0 Å². The number of hydrogen-bond donors (Lipinski definition) is 1. The third-order valence-electron chi connectivity index (χ3n) is 2.56. The van der Waals surface area contributed by atoms with Crippen molar-refractivity contribution in [2.75, 3.05) is 12.3 Å². The number of ether oxygens (including phenoxy) is 1. The molecule has 0 aliphatic rings. The summed E-state index contributed by atoms with van der Waals surface area (Å²) in [5.74, 6) is -0.789. The highest BCUT2D eigenvalue weighted by molar-refractivity contribution is 7.99. The van der Waals surface area contributed by atoms with Crippen LogP contribution in [0.1, 0.15) is 17.3 Å². The Bertz CT molecular complexity index is 631. The third kappa shape index (κ3) is 3.30. The summed E-state index contributed by atoms with van der Waals surface area (Å²) in [5.41, 5.74) is 6.50. The van der Waals surface area contributed by atoms with Gasteiger partial charge in [-0.3, -0.25) is 0 Å². The van der Waals surface area contributed by atoms with Crippen LogP contribution in [0.5, 0.6) is 0 Å². The Kier molecular flexibility index (Phi) is 4.63. The molecule has 0 aromatic heterocycles. The van der Waals surface area contributed by atoms with E-state index in [2.05, 4.69) is 0 Å². The average Bonchev–Trinajstić information content (AvgIpc) is 2.43. The predicted molar refractivity (Wildman–Crippen MR) is 77.3 cm³/mol. The van der Waals surface area contributed by atoms with Gasteiger partial charge in [-0.15, -0.1) is 0 Å². The summed E-state index contributed by atoms with van der Waals surface area (Å²) in [7, 11) is 0. The topological polar surface area (TPSA) is 52.3 Å². The molecule has 0 spiro atoms. The molecule has 104 valence electrons. The number of nitrogen functional groups attached to an aromatic ring is 1. The molecule has 0 heterocycles. The first-order valence-corrected chi connectivity index (χ1v) is 6.92. The number of anilines is 1. The lowest BCUT2D eigenvalue weighted by molar-refractivity contribution is 0.0522. The second-order valence-corrected chi connectivity index (χ2v) is 5.09. The van der Waals surface area contributed by atoms with Gasteiger partial charge in [0.15, 0.2) is 0 Å². The summed E-state index contributed by atoms with van der Waals surface area (Å²) >= 11 is 1.17. The molecule has 20 heavy (non-hydrogen) atoms. The van der Waals surface area contributed by atoms with Crippen LogP contribution < -0.4 is 5.73 Å². The summed E-state index contributed by atoms with van der Waals surface area (Å²) in [4.78, 5) is 13.0. The van der Waals surface area contributed by atoms with Crippen LogP contribution >= 0.6 is 11.8 Å². The van der Waals surface area contributed by atoms with Crippen molar-refractivity contribution < 1.29 is 13.9 Å². The smallest absolute Gasteiger partial charge is 0.339 e. The Morgan fingerprint density at radius 3 is 2.70 bits per heavy atom. The first kappa shape index (κ1) is 14.4. The second-order valence-electron chi connectivity index (χ2n) is 4.01. The lowest BCUT2D eigenvalue weighted by Crippen LogP contribution is -2.07. The fraction of sp³-hybridized carbons (Fsp3) is 0.133. The molecule has 0 saturated heterocycles. The number of hydrogen-bond acceptors (Lipinski definition) is 4. The van der Waals surface area contributed by atoms with Crippen LogP contribution in [-0.2, 0) is 4.74 Å². The Labute approximate surface area is 120 Å². The molecular formula is C15H14FNO2S. The van der Waals surface area contributed by atoms with Gasteiger partial charge in [-0.1, -0.05) is 23.9 Å². The molecule has 2 aromatic carbocycles. The van der Waals surface area contributed by atoms with Crippen molar-refractivity contribution in [3.05, 3.63) is 53.8 Å². The zero-order valence-corrected chi connectivity index (χ0v) is 11.7. The van der Waals surface area contributed by atoms with Crippen LogP contribution in [0.25, 0.3) is 0 Å². The molecule has 0 fully saturated rings. The van der Waals surface area contributed by atoms with E-state index in [9.17, 15) is 9.18 Å². The van der Waals surface area contributed by atoms with Crippen molar-refractivity contribution in [1.29, 1.82) is 0 Å². The van der Waals surface area contributed by atoms with Crippen molar-refractivity contribution in [3.63, 3.8) is 0 Å². The number of benzene rings is 2. The van der Waals surface area contributed by atoms with E-state index in [4.69, 9.17) is 10.5 Å². The predicted octanol–water partition coefficient (Wildman–Crippen LogP) is 3.74. The first-order chi connectivity index (χ1) is 9.61. The van der Waals surface area contributed by atoms with Crippen molar-refractivity contribution in [3.8, 4) is 0 Å². The van der Waals surface area contributed by atoms with E-state index in [0.717, 1.165) is 0 Å². The Hall–Kier alpha value is -2.01. The van der Waals surface area contributed by atoms with Crippen molar-refractivity contribution in [2.24, 2.45) is 0 Å². The summed E-state index contributed by atoms with van der Waals surface area (Å²) in [6, 6.07) is 11.3. The van der Waals surface area contributed by atoms with Gasteiger partial charge in [0.1, 0.15) is 5.82 Å². The first-order valence-electron chi connectivity index (χ1n) is 6.11. The summed E-state index contributed by atoms with van der Waals surface area (Å²) in [6.07, 6.45) is 0. The summed E-state index contributed by atoms with van der Waals surface area (Å²) < 4.78 is 18.7. The number of carbonyl (C=O) groups is 1. The Morgan fingerprint density at radius 2 is 2.00 bits per heavy atom. The minimum absolute atomic E-state index is 0.275. The largest absolute Gasteiger partial charge is 0.462 e. The van der Waals surface area contributed by atoms with E-state index in [1.807, 2.05) is 0 Å². The minimum atomic E-state index is -0.460. The van der Waals surface area contributed by atoms with E-state index in [1.165, 1.54) is 17.8 Å². The number of nitrogens with two attached hydrogens (primary N) is 1.